The lowest BCUT2D eigenvalue weighted by Gasteiger charge is -2.00. The van der Waals surface area contributed by atoms with Gasteiger partial charge in [-0.25, -0.2) is 4.79 Å². The maximum absolute atomic E-state index is 10.7. The van der Waals surface area contributed by atoms with Crippen LogP contribution in [-0.2, 0) is 0 Å². The van der Waals surface area contributed by atoms with Gasteiger partial charge in [0.25, 0.3) is 0 Å². The lowest BCUT2D eigenvalue weighted by molar-refractivity contribution is 0.0652. The molecule has 0 unspecified atom stereocenters. The number of hydrogen-bond acceptors (Lipinski definition) is 4. The first-order valence-corrected chi connectivity index (χ1v) is 6.57. The Kier molecular flexibility index (Phi) is 2.83. The molecule has 1 saturated carbocycles. The highest BCUT2D eigenvalue weighted by atomic mass is 32.2. The zero-order valence-electron chi connectivity index (χ0n) is 9.50. The molecule has 1 aromatic carbocycles. The van der Waals surface area contributed by atoms with Gasteiger partial charge in [-0.15, -0.1) is 11.8 Å². The molecule has 1 aliphatic carbocycles. The molecule has 0 radical (unpaired) electrons. The van der Waals surface area contributed by atoms with E-state index < -0.39 is 5.97 Å². The highest BCUT2D eigenvalue weighted by molar-refractivity contribution is 8.00. The van der Waals surface area contributed by atoms with Crippen LogP contribution < -0.4 is 0 Å². The minimum absolute atomic E-state index is 0.138. The number of aromatic nitrogens is 1. The summed E-state index contributed by atoms with van der Waals surface area (Å²) in [6.07, 6.45) is 2.61. The highest BCUT2D eigenvalue weighted by Crippen LogP contribution is 2.39. The number of hydrogen-bond donors (Lipinski definition) is 1. The predicted octanol–water partition coefficient (Wildman–Crippen LogP) is 3.29. The zero-order chi connectivity index (χ0) is 12.5. The quantitative estimate of drug-likeness (QED) is 0.914. The van der Waals surface area contributed by atoms with Crippen LogP contribution in [0.1, 0.15) is 23.4 Å². The minimum atomic E-state index is -1.10. The van der Waals surface area contributed by atoms with Crippen molar-refractivity contribution in [2.24, 2.45) is 0 Å². The lowest BCUT2D eigenvalue weighted by atomic mass is 10.1. The fourth-order valence-corrected chi connectivity index (χ4v) is 2.64. The standard InChI is InChI=1S/C13H11NO3S/c15-13(16)12-7-11(14-17-12)8-1-3-9(4-2-8)18-10-5-6-10/h1-4,7,10H,5-6H2,(H,15,16). The SMILES string of the molecule is O=C(O)c1cc(-c2ccc(SC3CC3)cc2)no1. The van der Waals surface area contributed by atoms with Crippen molar-refractivity contribution >= 4 is 17.7 Å². The van der Waals surface area contributed by atoms with Crippen LogP contribution in [0.5, 0.6) is 0 Å². The molecule has 2 aromatic rings. The Balaban J connectivity index is 1.79. The second-order valence-corrected chi connectivity index (χ2v) is 5.60. The van der Waals surface area contributed by atoms with E-state index in [0.717, 1.165) is 10.8 Å². The third-order valence-corrected chi connectivity index (χ3v) is 4.05. The minimum Gasteiger partial charge on any atom is -0.475 e. The van der Waals surface area contributed by atoms with Gasteiger partial charge in [-0.3, -0.25) is 0 Å². The maximum Gasteiger partial charge on any atom is 0.374 e. The molecule has 1 aliphatic rings. The van der Waals surface area contributed by atoms with Crippen molar-refractivity contribution in [1.29, 1.82) is 0 Å². The first-order chi connectivity index (χ1) is 8.72. The van der Waals surface area contributed by atoms with Crippen molar-refractivity contribution in [3.05, 3.63) is 36.1 Å². The molecule has 3 rings (SSSR count). The fourth-order valence-electron chi connectivity index (χ4n) is 1.59. The molecule has 4 nitrogen and oxygen atoms in total. The van der Waals surface area contributed by atoms with E-state index in [0.29, 0.717) is 5.69 Å². The normalized spacial score (nSPS) is 14.7. The molecular formula is C13H11NO3S. The Bertz CT molecular complexity index is 572. The zero-order valence-corrected chi connectivity index (χ0v) is 10.3. The van der Waals surface area contributed by atoms with E-state index in [4.69, 9.17) is 9.63 Å². The van der Waals surface area contributed by atoms with Gasteiger partial charge in [0.1, 0.15) is 5.69 Å². The molecule has 0 spiro atoms. The van der Waals surface area contributed by atoms with Crippen molar-refractivity contribution in [3.8, 4) is 11.3 Å². The molecule has 5 heteroatoms. The van der Waals surface area contributed by atoms with Gasteiger partial charge in [0.15, 0.2) is 0 Å². The number of carboxylic acid groups (broad SMARTS) is 1. The summed E-state index contributed by atoms with van der Waals surface area (Å²) < 4.78 is 4.73. The average Bonchev–Trinajstić information content (AvgIpc) is 3.04. The summed E-state index contributed by atoms with van der Waals surface area (Å²) in [5.41, 5.74) is 1.42. The summed E-state index contributed by atoms with van der Waals surface area (Å²) in [4.78, 5) is 11.9. The molecule has 1 aromatic heterocycles. The van der Waals surface area contributed by atoms with Crippen LogP contribution in [0.25, 0.3) is 11.3 Å². The second kappa shape index (κ2) is 4.49. The predicted molar refractivity (Wildman–Crippen MR) is 67.8 cm³/mol. The van der Waals surface area contributed by atoms with Gasteiger partial charge in [-0.1, -0.05) is 17.3 Å². The van der Waals surface area contributed by atoms with Crippen LogP contribution in [0.2, 0.25) is 0 Å². The molecule has 0 atom stereocenters. The van der Waals surface area contributed by atoms with E-state index >= 15 is 0 Å². The maximum atomic E-state index is 10.7. The third kappa shape index (κ3) is 2.41. The van der Waals surface area contributed by atoms with Gasteiger partial charge in [0, 0.05) is 21.8 Å². The largest absolute Gasteiger partial charge is 0.475 e. The molecule has 1 N–H and O–H groups in total. The first kappa shape index (κ1) is 11.3. The van der Waals surface area contributed by atoms with E-state index in [1.54, 1.807) is 0 Å². The van der Waals surface area contributed by atoms with E-state index in [1.807, 2.05) is 36.0 Å². The monoisotopic (exact) mass is 261 g/mol. The first-order valence-electron chi connectivity index (χ1n) is 5.69. The number of nitrogens with zero attached hydrogens (tertiary/aromatic N) is 1. The molecule has 0 amide bonds. The van der Waals surface area contributed by atoms with Gasteiger partial charge >= 0.3 is 5.97 Å². The molecule has 92 valence electrons. The lowest BCUT2D eigenvalue weighted by Crippen LogP contribution is -1.91. The fraction of sp³-hybridized carbons (Fsp3) is 0.231. The molecule has 0 saturated heterocycles. The van der Waals surface area contributed by atoms with E-state index in [1.165, 1.54) is 23.8 Å². The summed E-state index contributed by atoms with van der Waals surface area (Å²) >= 11 is 1.89. The van der Waals surface area contributed by atoms with Crippen LogP contribution in [0.4, 0.5) is 0 Å². The number of thioether (sulfide) groups is 1. The highest BCUT2D eigenvalue weighted by Gasteiger charge is 2.22. The Morgan fingerprint density at radius 1 is 1.33 bits per heavy atom. The number of carboxylic acids is 1. The van der Waals surface area contributed by atoms with Crippen LogP contribution in [0.3, 0.4) is 0 Å². The molecule has 0 aliphatic heterocycles. The van der Waals surface area contributed by atoms with Crippen molar-refractivity contribution in [2.45, 2.75) is 23.0 Å². The third-order valence-electron chi connectivity index (χ3n) is 2.70. The number of aromatic carboxylic acids is 1. The van der Waals surface area contributed by atoms with Crippen molar-refractivity contribution < 1.29 is 14.4 Å². The van der Waals surface area contributed by atoms with Gasteiger partial charge in [0.05, 0.1) is 0 Å². The smallest absolute Gasteiger partial charge is 0.374 e. The van der Waals surface area contributed by atoms with Gasteiger partial charge in [-0.05, 0) is 25.0 Å². The summed E-state index contributed by atoms with van der Waals surface area (Å²) in [5.74, 6) is -1.24. The van der Waals surface area contributed by atoms with E-state index in [9.17, 15) is 4.79 Å². The van der Waals surface area contributed by atoms with Crippen LogP contribution in [0, 0.1) is 0 Å². The Labute approximate surface area is 108 Å². The number of benzene rings is 1. The molecule has 18 heavy (non-hydrogen) atoms. The summed E-state index contributed by atoms with van der Waals surface area (Å²) in [7, 11) is 0. The topological polar surface area (TPSA) is 63.3 Å². The van der Waals surface area contributed by atoms with Crippen molar-refractivity contribution in [2.75, 3.05) is 0 Å². The van der Waals surface area contributed by atoms with Gasteiger partial charge in [0.2, 0.25) is 5.76 Å². The average molecular weight is 261 g/mol. The van der Waals surface area contributed by atoms with Crippen molar-refractivity contribution in [3.63, 3.8) is 0 Å². The number of rotatable bonds is 4. The Morgan fingerprint density at radius 3 is 2.61 bits per heavy atom. The summed E-state index contributed by atoms with van der Waals surface area (Å²) in [6, 6.07) is 9.38. The van der Waals surface area contributed by atoms with Gasteiger partial charge in [-0.2, -0.15) is 0 Å². The molecule has 1 heterocycles. The Hall–Kier alpha value is -1.75. The second-order valence-electron chi connectivity index (χ2n) is 4.22. The van der Waals surface area contributed by atoms with E-state index in [-0.39, 0.29) is 5.76 Å². The molecular weight excluding hydrogens is 250 g/mol. The Morgan fingerprint density at radius 2 is 2.06 bits per heavy atom. The number of carbonyl (C=O) groups is 1. The van der Waals surface area contributed by atoms with Gasteiger partial charge < -0.3 is 9.63 Å². The van der Waals surface area contributed by atoms with Crippen molar-refractivity contribution in [1.82, 2.24) is 5.16 Å². The summed E-state index contributed by atoms with van der Waals surface area (Å²) in [5, 5.41) is 13.3. The van der Waals surface area contributed by atoms with Crippen LogP contribution in [-0.4, -0.2) is 21.5 Å². The van der Waals surface area contributed by atoms with Crippen LogP contribution >= 0.6 is 11.8 Å². The molecule has 0 bridgehead atoms. The van der Waals surface area contributed by atoms with Crippen LogP contribution in [0.15, 0.2) is 39.8 Å². The summed E-state index contributed by atoms with van der Waals surface area (Å²) in [6.45, 7) is 0. The van der Waals surface area contributed by atoms with E-state index in [2.05, 4.69) is 5.16 Å². The molecule has 1 fully saturated rings.